The molecule has 0 bridgehead atoms. The predicted octanol–water partition coefficient (Wildman–Crippen LogP) is 5.58. The topological polar surface area (TPSA) is 24.5 Å². The number of ether oxygens (including phenoxy) is 1. The summed E-state index contributed by atoms with van der Waals surface area (Å²) < 4.78 is 6.00. The van der Waals surface area contributed by atoms with Crippen molar-refractivity contribution < 1.29 is 4.74 Å². The highest BCUT2D eigenvalue weighted by Crippen LogP contribution is 2.21. The van der Waals surface area contributed by atoms with E-state index >= 15 is 0 Å². The number of hydrogen-bond donors (Lipinski definition) is 1. The lowest BCUT2D eigenvalue weighted by Gasteiger charge is -2.18. The van der Waals surface area contributed by atoms with Crippen LogP contribution in [0.3, 0.4) is 0 Å². The van der Waals surface area contributed by atoms with Gasteiger partial charge < -0.3 is 15.0 Å². The Kier molecular flexibility index (Phi) is 14.5. The van der Waals surface area contributed by atoms with Gasteiger partial charge in [-0.25, -0.2) is 0 Å². The van der Waals surface area contributed by atoms with Crippen LogP contribution in [0.1, 0.15) is 31.4 Å². The summed E-state index contributed by atoms with van der Waals surface area (Å²) in [5, 5.41) is 4.27. The molecule has 0 atom stereocenters. The van der Waals surface area contributed by atoms with Gasteiger partial charge in [-0.3, -0.25) is 0 Å². The third-order valence-corrected chi connectivity index (χ3v) is 4.72. The second-order valence-electron chi connectivity index (χ2n) is 6.05. The summed E-state index contributed by atoms with van der Waals surface area (Å²) in [7, 11) is 0. The fourth-order valence-electron chi connectivity index (χ4n) is 2.75. The summed E-state index contributed by atoms with van der Waals surface area (Å²) in [5.41, 5.74) is 2.18. The zero-order chi connectivity index (χ0) is 17.9. The van der Waals surface area contributed by atoms with Crippen molar-refractivity contribution in [1.82, 2.24) is 10.2 Å². The van der Waals surface area contributed by atoms with Gasteiger partial charge in [0.15, 0.2) is 0 Å². The van der Waals surface area contributed by atoms with Gasteiger partial charge in [-0.2, -0.15) is 0 Å². The predicted molar refractivity (Wildman–Crippen MR) is 121 cm³/mol. The van der Waals surface area contributed by atoms with Crippen LogP contribution in [0.5, 0.6) is 5.75 Å². The van der Waals surface area contributed by atoms with Gasteiger partial charge in [-0.15, -0.1) is 24.8 Å². The molecule has 3 nitrogen and oxygen atoms in total. The van der Waals surface area contributed by atoms with Crippen molar-refractivity contribution in [1.29, 1.82) is 0 Å². The average molecular weight is 434 g/mol. The largest absolute Gasteiger partial charge is 0.489 e. The van der Waals surface area contributed by atoms with E-state index < -0.39 is 0 Å². The first kappa shape index (κ1) is 26.0. The van der Waals surface area contributed by atoms with Gasteiger partial charge in [0.05, 0.1) is 0 Å². The lowest BCUT2D eigenvalue weighted by atomic mass is 10.2. The smallest absolute Gasteiger partial charge is 0.124 e. The molecule has 2 aromatic rings. The molecule has 1 N–H and O–H groups in total. The fourth-order valence-corrected chi connectivity index (χ4v) is 2.94. The van der Waals surface area contributed by atoms with Crippen LogP contribution in [0.25, 0.3) is 0 Å². The number of para-hydroxylation sites is 1. The Morgan fingerprint density at radius 1 is 0.926 bits per heavy atom. The van der Waals surface area contributed by atoms with Crippen LogP contribution >= 0.6 is 36.4 Å². The number of hydrogen-bond acceptors (Lipinski definition) is 3. The number of nitrogens with zero attached hydrogens (tertiary/aromatic N) is 1. The van der Waals surface area contributed by atoms with Crippen LogP contribution in [0.2, 0.25) is 5.02 Å². The monoisotopic (exact) mass is 432 g/mol. The quantitative estimate of drug-likeness (QED) is 0.468. The second kappa shape index (κ2) is 15.0. The van der Waals surface area contributed by atoms with Crippen molar-refractivity contribution >= 4 is 36.4 Å². The third-order valence-electron chi connectivity index (χ3n) is 4.35. The van der Waals surface area contributed by atoms with Crippen LogP contribution in [-0.2, 0) is 13.2 Å². The normalized spacial score (nSPS) is 10.2. The maximum absolute atomic E-state index is 6.20. The Morgan fingerprint density at radius 3 is 2.22 bits per heavy atom. The highest BCUT2D eigenvalue weighted by atomic mass is 35.5. The van der Waals surface area contributed by atoms with Crippen LogP contribution in [0.15, 0.2) is 48.5 Å². The maximum atomic E-state index is 6.20. The van der Waals surface area contributed by atoms with E-state index in [4.69, 9.17) is 16.3 Å². The van der Waals surface area contributed by atoms with E-state index in [-0.39, 0.29) is 24.8 Å². The second-order valence-corrected chi connectivity index (χ2v) is 6.45. The molecule has 152 valence electrons. The van der Waals surface area contributed by atoms with Crippen molar-refractivity contribution in [3.05, 3.63) is 64.7 Å². The minimum absolute atomic E-state index is 0. The van der Waals surface area contributed by atoms with Crippen molar-refractivity contribution in [2.75, 3.05) is 26.2 Å². The molecular weight excluding hydrogens is 403 g/mol. The number of halogens is 3. The van der Waals surface area contributed by atoms with Gasteiger partial charge in [0.2, 0.25) is 0 Å². The Balaban J connectivity index is 0.00000338. The van der Waals surface area contributed by atoms with Crippen molar-refractivity contribution in [3.8, 4) is 5.75 Å². The van der Waals surface area contributed by atoms with Gasteiger partial charge in [0.25, 0.3) is 0 Å². The van der Waals surface area contributed by atoms with Crippen LogP contribution < -0.4 is 10.1 Å². The molecule has 0 aliphatic rings. The van der Waals surface area contributed by atoms with E-state index in [2.05, 4.69) is 36.2 Å². The summed E-state index contributed by atoms with van der Waals surface area (Å²) >= 11 is 6.20. The summed E-state index contributed by atoms with van der Waals surface area (Å²) in [5.74, 6) is 0.915. The molecule has 0 saturated heterocycles. The average Bonchev–Trinajstić information content (AvgIpc) is 2.65. The number of rotatable bonds is 11. The molecule has 0 heterocycles. The molecule has 0 radical (unpaired) electrons. The lowest BCUT2D eigenvalue weighted by Crippen LogP contribution is -2.27. The molecule has 6 heteroatoms. The van der Waals surface area contributed by atoms with E-state index in [9.17, 15) is 0 Å². The molecule has 27 heavy (non-hydrogen) atoms. The van der Waals surface area contributed by atoms with Gasteiger partial charge in [0, 0.05) is 22.7 Å². The summed E-state index contributed by atoms with van der Waals surface area (Å²) in [4.78, 5) is 2.45. The minimum Gasteiger partial charge on any atom is -0.489 e. The molecule has 0 saturated carbocycles. The van der Waals surface area contributed by atoms with E-state index in [1.54, 1.807) is 0 Å². The Hall–Kier alpha value is -0.970. The standard InChI is InChI=1S/C21H29ClN2O.2ClH/c1-3-24(4-2)15-9-14-23-16-18-10-6-8-13-21(18)25-17-19-11-5-7-12-20(19)22;;/h5-8,10-13,23H,3-4,9,14-17H2,1-2H3;2*1H. The van der Waals surface area contributed by atoms with Crippen LogP contribution in [0.4, 0.5) is 0 Å². The van der Waals surface area contributed by atoms with Gasteiger partial charge in [0.1, 0.15) is 12.4 Å². The van der Waals surface area contributed by atoms with Gasteiger partial charge in [-0.05, 0) is 44.7 Å². The number of nitrogens with one attached hydrogen (secondary N) is 1. The first-order chi connectivity index (χ1) is 12.2. The van der Waals surface area contributed by atoms with E-state index in [1.807, 2.05) is 36.4 Å². The van der Waals surface area contributed by atoms with Crippen molar-refractivity contribution in [2.45, 2.75) is 33.4 Å². The highest BCUT2D eigenvalue weighted by molar-refractivity contribution is 6.31. The molecule has 0 aliphatic carbocycles. The SMILES string of the molecule is CCN(CC)CCCNCc1ccccc1OCc1ccccc1Cl.Cl.Cl. The zero-order valence-electron chi connectivity index (χ0n) is 16.1. The number of benzene rings is 2. The molecule has 0 fully saturated rings. The van der Waals surface area contributed by atoms with Gasteiger partial charge >= 0.3 is 0 Å². The van der Waals surface area contributed by atoms with Crippen molar-refractivity contribution in [2.24, 2.45) is 0 Å². The van der Waals surface area contributed by atoms with Crippen LogP contribution in [0, 0.1) is 0 Å². The Labute approximate surface area is 181 Å². The molecule has 0 spiro atoms. The van der Waals surface area contributed by atoms with Gasteiger partial charge in [-0.1, -0.05) is 61.8 Å². The Bertz CT molecular complexity index is 636. The molecule has 0 amide bonds. The first-order valence-corrected chi connectivity index (χ1v) is 9.49. The Morgan fingerprint density at radius 2 is 1.56 bits per heavy atom. The molecule has 2 aromatic carbocycles. The summed E-state index contributed by atoms with van der Waals surface area (Å²) in [6.45, 7) is 10.1. The molecule has 0 aliphatic heterocycles. The van der Waals surface area contributed by atoms with Crippen molar-refractivity contribution in [3.63, 3.8) is 0 Å². The summed E-state index contributed by atoms with van der Waals surface area (Å²) in [6, 6.07) is 16.0. The molecule has 0 aromatic heterocycles. The maximum Gasteiger partial charge on any atom is 0.124 e. The summed E-state index contributed by atoms with van der Waals surface area (Å²) in [6.07, 6.45) is 1.16. The molecule has 2 rings (SSSR count). The molecular formula is C21H31Cl3N2O. The molecule has 0 unspecified atom stereocenters. The van der Waals surface area contributed by atoms with E-state index in [0.29, 0.717) is 6.61 Å². The van der Waals surface area contributed by atoms with E-state index in [0.717, 1.165) is 55.5 Å². The lowest BCUT2D eigenvalue weighted by molar-refractivity contribution is 0.295. The zero-order valence-corrected chi connectivity index (χ0v) is 18.5. The fraction of sp³-hybridized carbons (Fsp3) is 0.429. The van der Waals surface area contributed by atoms with E-state index in [1.165, 1.54) is 5.56 Å². The third kappa shape index (κ3) is 9.18. The first-order valence-electron chi connectivity index (χ1n) is 9.11. The highest BCUT2D eigenvalue weighted by Gasteiger charge is 2.05. The van der Waals surface area contributed by atoms with Crippen LogP contribution in [-0.4, -0.2) is 31.1 Å². The minimum atomic E-state index is 0.